The fourth-order valence-corrected chi connectivity index (χ4v) is 2.13. The number of rotatable bonds is 6. The van der Waals surface area contributed by atoms with Gasteiger partial charge in [-0.25, -0.2) is 0 Å². The van der Waals surface area contributed by atoms with Gasteiger partial charge in [0.25, 0.3) is 0 Å². The van der Waals surface area contributed by atoms with E-state index in [0.29, 0.717) is 6.61 Å². The molecule has 0 unspecified atom stereocenters. The number of nitrogens with one attached hydrogen (secondary N) is 1. The molecule has 106 valence electrons. The second-order valence-corrected chi connectivity index (χ2v) is 4.58. The molecule has 3 nitrogen and oxygen atoms in total. The van der Waals surface area contributed by atoms with Crippen molar-refractivity contribution in [2.45, 2.75) is 20.4 Å². The first kappa shape index (κ1) is 14.3. The van der Waals surface area contributed by atoms with E-state index in [0.717, 1.165) is 29.3 Å². The Bertz CT molecular complexity index is 567. The Hall–Kier alpha value is -2.16. The molecule has 0 bridgehead atoms. The molecule has 0 aliphatic heterocycles. The molecule has 0 saturated carbocycles. The van der Waals surface area contributed by atoms with Crippen LogP contribution in [0.25, 0.3) is 0 Å². The van der Waals surface area contributed by atoms with E-state index in [1.54, 1.807) is 7.11 Å². The summed E-state index contributed by atoms with van der Waals surface area (Å²) < 4.78 is 10.8. The number of methoxy groups -OCH3 is 1. The first-order chi connectivity index (χ1) is 9.74. The van der Waals surface area contributed by atoms with E-state index in [-0.39, 0.29) is 0 Å². The number of benzene rings is 2. The Kier molecular flexibility index (Phi) is 4.88. The maximum absolute atomic E-state index is 5.49. The summed E-state index contributed by atoms with van der Waals surface area (Å²) in [6.07, 6.45) is 0. The average Bonchev–Trinajstić information content (AvgIpc) is 2.47. The lowest BCUT2D eigenvalue weighted by molar-refractivity contribution is 0.340. The fourth-order valence-electron chi connectivity index (χ4n) is 2.13. The van der Waals surface area contributed by atoms with Gasteiger partial charge < -0.3 is 14.8 Å². The quantitative estimate of drug-likeness (QED) is 0.861. The molecule has 0 atom stereocenters. The predicted octanol–water partition coefficient (Wildman–Crippen LogP) is 4.01. The topological polar surface area (TPSA) is 30.5 Å². The smallest absolute Gasteiger partial charge is 0.123 e. The highest BCUT2D eigenvalue weighted by Crippen LogP contribution is 2.23. The summed E-state index contributed by atoms with van der Waals surface area (Å²) in [6.45, 7) is 5.49. The van der Waals surface area contributed by atoms with Crippen molar-refractivity contribution in [1.29, 1.82) is 0 Å². The molecule has 0 fully saturated rings. The highest BCUT2D eigenvalue weighted by Gasteiger charge is 2.04. The number of aryl methyl sites for hydroxylation is 1. The third kappa shape index (κ3) is 3.44. The zero-order chi connectivity index (χ0) is 14.4. The van der Waals surface area contributed by atoms with Crippen molar-refractivity contribution in [2.75, 3.05) is 19.0 Å². The van der Waals surface area contributed by atoms with Gasteiger partial charge in [-0.3, -0.25) is 0 Å². The van der Waals surface area contributed by atoms with Crippen molar-refractivity contribution < 1.29 is 9.47 Å². The van der Waals surface area contributed by atoms with Crippen molar-refractivity contribution in [3.05, 3.63) is 53.6 Å². The number of para-hydroxylation sites is 1. The SMILES string of the molecule is CCOc1ccc(NCc2ccccc2OC)c(C)c1. The second kappa shape index (κ2) is 6.85. The number of anilines is 1. The first-order valence-corrected chi connectivity index (χ1v) is 6.83. The maximum atomic E-state index is 5.49. The van der Waals surface area contributed by atoms with Gasteiger partial charge in [0.05, 0.1) is 13.7 Å². The zero-order valence-electron chi connectivity index (χ0n) is 12.3. The summed E-state index contributed by atoms with van der Waals surface area (Å²) in [4.78, 5) is 0. The normalized spacial score (nSPS) is 10.2. The first-order valence-electron chi connectivity index (χ1n) is 6.83. The van der Waals surface area contributed by atoms with Gasteiger partial charge in [0.2, 0.25) is 0 Å². The molecule has 0 aliphatic carbocycles. The zero-order valence-corrected chi connectivity index (χ0v) is 12.3. The van der Waals surface area contributed by atoms with E-state index in [4.69, 9.17) is 9.47 Å². The monoisotopic (exact) mass is 271 g/mol. The molecule has 0 saturated heterocycles. The molecular formula is C17H21NO2. The summed E-state index contributed by atoms with van der Waals surface area (Å²) in [5.41, 5.74) is 3.42. The molecule has 0 heterocycles. The minimum Gasteiger partial charge on any atom is -0.496 e. The van der Waals surface area contributed by atoms with Crippen LogP contribution in [0.2, 0.25) is 0 Å². The van der Waals surface area contributed by atoms with Crippen molar-refractivity contribution in [3.8, 4) is 11.5 Å². The Balaban J connectivity index is 2.07. The number of ether oxygens (including phenoxy) is 2. The van der Waals surface area contributed by atoms with Crippen LogP contribution in [0.3, 0.4) is 0 Å². The van der Waals surface area contributed by atoms with Crippen molar-refractivity contribution in [3.63, 3.8) is 0 Å². The van der Waals surface area contributed by atoms with Gasteiger partial charge >= 0.3 is 0 Å². The number of hydrogen-bond donors (Lipinski definition) is 1. The minimum absolute atomic E-state index is 0.688. The van der Waals surface area contributed by atoms with Crippen LogP contribution in [0, 0.1) is 6.92 Å². The van der Waals surface area contributed by atoms with E-state index in [2.05, 4.69) is 24.4 Å². The largest absolute Gasteiger partial charge is 0.496 e. The predicted molar refractivity (Wildman–Crippen MR) is 82.7 cm³/mol. The van der Waals surface area contributed by atoms with Gasteiger partial charge in [-0.15, -0.1) is 0 Å². The van der Waals surface area contributed by atoms with Crippen molar-refractivity contribution >= 4 is 5.69 Å². The molecule has 1 N–H and O–H groups in total. The lowest BCUT2D eigenvalue weighted by Gasteiger charge is -2.13. The highest BCUT2D eigenvalue weighted by atomic mass is 16.5. The van der Waals surface area contributed by atoms with Crippen LogP contribution >= 0.6 is 0 Å². The minimum atomic E-state index is 0.688. The Labute approximate surface area is 120 Å². The van der Waals surface area contributed by atoms with Crippen LogP contribution in [0.5, 0.6) is 11.5 Å². The van der Waals surface area contributed by atoms with E-state index in [1.807, 2.05) is 37.3 Å². The van der Waals surface area contributed by atoms with Gasteiger partial charge in [0, 0.05) is 17.8 Å². The van der Waals surface area contributed by atoms with Gasteiger partial charge in [-0.05, 0) is 43.7 Å². The molecule has 0 amide bonds. The summed E-state index contributed by atoms with van der Waals surface area (Å²) in [5.74, 6) is 1.82. The van der Waals surface area contributed by atoms with E-state index < -0.39 is 0 Å². The van der Waals surface area contributed by atoms with E-state index in [9.17, 15) is 0 Å². The summed E-state index contributed by atoms with van der Waals surface area (Å²) in [7, 11) is 1.70. The molecule has 0 aromatic heterocycles. The van der Waals surface area contributed by atoms with Crippen LogP contribution in [0.15, 0.2) is 42.5 Å². The summed E-state index contributed by atoms with van der Waals surface area (Å²) in [5, 5.41) is 3.44. The lowest BCUT2D eigenvalue weighted by atomic mass is 10.1. The Morgan fingerprint density at radius 3 is 2.60 bits per heavy atom. The van der Waals surface area contributed by atoms with Crippen LogP contribution in [0.4, 0.5) is 5.69 Å². The van der Waals surface area contributed by atoms with E-state index in [1.165, 1.54) is 5.56 Å². The summed E-state index contributed by atoms with van der Waals surface area (Å²) >= 11 is 0. The molecule has 0 spiro atoms. The number of hydrogen-bond acceptors (Lipinski definition) is 3. The molecule has 2 aromatic rings. The van der Waals surface area contributed by atoms with Gasteiger partial charge in [0.15, 0.2) is 0 Å². The van der Waals surface area contributed by atoms with E-state index >= 15 is 0 Å². The third-order valence-corrected chi connectivity index (χ3v) is 3.17. The molecule has 2 aromatic carbocycles. The van der Waals surface area contributed by atoms with Crippen LogP contribution in [-0.2, 0) is 6.54 Å². The van der Waals surface area contributed by atoms with Crippen LogP contribution in [0.1, 0.15) is 18.1 Å². The van der Waals surface area contributed by atoms with Gasteiger partial charge in [0.1, 0.15) is 11.5 Å². The van der Waals surface area contributed by atoms with Crippen molar-refractivity contribution in [1.82, 2.24) is 0 Å². The molecule has 3 heteroatoms. The second-order valence-electron chi connectivity index (χ2n) is 4.58. The van der Waals surface area contributed by atoms with Crippen LogP contribution < -0.4 is 14.8 Å². The standard InChI is InChI=1S/C17H21NO2/c1-4-20-15-9-10-16(13(2)11-15)18-12-14-7-5-6-8-17(14)19-3/h5-11,18H,4,12H2,1-3H3. The molecular weight excluding hydrogens is 250 g/mol. The maximum Gasteiger partial charge on any atom is 0.123 e. The lowest BCUT2D eigenvalue weighted by Crippen LogP contribution is -2.03. The van der Waals surface area contributed by atoms with Gasteiger partial charge in [-0.2, -0.15) is 0 Å². The van der Waals surface area contributed by atoms with Crippen LogP contribution in [-0.4, -0.2) is 13.7 Å². The molecule has 0 radical (unpaired) electrons. The van der Waals surface area contributed by atoms with Gasteiger partial charge in [-0.1, -0.05) is 18.2 Å². The Morgan fingerprint density at radius 2 is 1.90 bits per heavy atom. The molecule has 20 heavy (non-hydrogen) atoms. The Morgan fingerprint density at radius 1 is 1.10 bits per heavy atom. The van der Waals surface area contributed by atoms with Crippen molar-refractivity contribution in [2.24, 2.45) is 0 Å². The molecule has 0 aliphatic rings. The highest BCUT2D eigenvalue weighted by molar-refractivity contribution is 5.54. The molecule has 2 rings (SSSR count). The fraction of sp³-hybridized carbons (Fsp3) is 0.294. The summed E-state index contributed by atoms with van der Waals surface area (Å²) in [6, 6.07) is 14.1. The average molecular weight is 271 g/mol. The third-order valence-electron chi connectivity index (χ3n) is 3.17.